The van der Waals surface area contributed by atoms with Crippen LogP contribution in [0.25, 0.3) is 0 Å². The molecule has 3 unspecified atom stereocenters. The van der Waals surface area contributed by atoms with Crippen molar-refractivity contribution in [1.29, 1.82) is 0 Å². The van der Waals surface area contributed by atoms with E-state index in [-0.39, 0.29) is 5.41 Å². The van der Waals surface area contributed by atoms with Crippen LogP contribution in [0.5, 0.6) is 0 Å². The van der Waals surface area contributed by atoms with Crippen LogP contribution in [-0.4, -0.2) is 0 Å². The van der Waals surface area contributed by atoms with Crippen molar-refractivity contribution in [1.82, 2.24) is 0 Å². The summed E-state index contributed by atoms with van der Waals surface area (Å²) < 4.78 is 40.9. The molecule has 1 aromatic rings. The topological polar surface area (TPSA) is 0 Å². The number of benzene rings is 1. The van der Waals surface area contributed by atoms with Gasteiger partial charge in [0.2, 0.25) is 0 Å². The fraction of sp³-hybridized carbons (Fsp3) is 0.600. The first-order valence-electron chi connectivity index (χ1n) is 8.71. The summed E-state index contributed by atoms with van der Waals surface area (Å²) >= 11 is 0. The van der Waals surface area contributed by atoms with E-state index >= 15 is 0 Å². The Labute approximate surface area is 135 Å². The number of alkyl halides is 3. The Hall–Kier alpha value is -1.25. The predicted octanol–water partition coefficient (Wildman–Crippen LogP) is 5.98. The summed E-state index contributed by atoms with van der Waals surface area (Å²) in [4.78, 5) is 0. The van der Waals surface area contributed by atoms with Crippen LogP contribution in [0, 0.1) is 23.7 Å². The Balaban J connectivity index is 1.87. The maximum atomic E-state index is 13.6. The molecule has 0 radical (unpaired) electrons. The molecule has 0 saturated heterocycles. The quantitative estimate of drug-likeness (QED) is 0.601. The lowest BCUT2D eigenvalue weighted by Crippen LogP contribution is -2.55. The maximum Gasteiger partial charge on any atom is 0.416 e. The summed E-state index contributed by atoms with van der Waals surface area (Å²) in [5.41, 5.74) is -0.121. The molecular weight excluding hydrogens is 297 g/mol. The van der Waals surface area contributed by atoms with Crippen LogP contribution in [0.4, 0.5) is 13.2 Å². The summed E-state index contributed by atoms with van der Waals surface area (Å²) in [5, 5.41) is 0. The number of hydrogen-bond acceptors (Lipinski definition) is 0. The number of rotatable bonds is 3. The number of halogens is 3. The molecule has 1 aromatic carbocycles. The third-order valence-electron chi connectivity index (χ3n) is 6.71. The zero-order chi connectivity index (χ0) is 16.2. The number of hydrogen-bond donors (Lipinski definition) is 0. The molecule has 5 rings (SSSR count). The van der Waals surface area contributed by atoms with Crippen molar-refractivity contribution in [2.24, 2.45) is 23.7 Å². The largest absolute Gasteiger partial charge is 0.416 e. The molecule has 4 aliphatic rings. The number of allylic oxidation sites excluding steroid dienone is 1. The van der Waals surface area contributed by atoms with E-state index in [2.05, 4.69) is 6.58 Å². The van der Waals surface area contributed by atoms with E-state index in [1.54, 1.807) is 12.1 Å². The third kappa shape index (κ3) is 2.27. The normalized spacial score (nSPS) is 38.7. The third-order valence-corrected chi connectivity index (χ3v) is 6.71. The van der Waals surface area contributed by atoms with Crippen molar-refractivity contribution < 1.29 is 13.2 Å². The van der Waals surface area contributed by atoms with E-state index in [1.807, 2.05) is 6.08 Å². The summed E-state index contributed by atoms with van der Waals surface area (Å²) in [6.45, 7) is 3.89. The monoisotopic (exact) mass is 320 g/mol. The molecule has 4 fully saturated rings. The Kier molecular flexibility index (Phi) is 3.40. The molecule has 0 spiro atoms. The summed E-state index contributed by atoms with van der Waals surface area (Å²) in [7, 11) is 0. The maximum absolute atomic E-state index is 13.6. The van der Waals surface area contributed by atoms with Gasteiger partial charge >= 0.3 is 6.18 Å². The van der Waals surface area contributed by atoms with E-state index in [4.69, 9.17) is 0 Å². The lowest BCUT2D eigenvalue weighted by Gasteiger charge is -2.62. The minimum atomic E-state index is -4.27. The van der Waals surface area contributed by atoms with Gasteiger partial charge in [-0.2, -0.15) is 13.2 Å². The minimum Gasteiger partial charge on any atom is -0.166 e. The van der Waals surface area contributed by atoms with Crippen LogP contribution in [0.2, 0.25) is 0 Å². The molecule has 4 aliphatic carbocycles. The zero-order valence-electron chi connectivity index (χ0n) is 13.3. The van der Waals surface area contributed by atoms with Crippen molar-refractivity contribution in [3.05, 3.63) is 48.0 Å². The molecule has 0 aromatic heterocycles. The van der Waals surface area contributed by atoms with Gasteiger partial charge in [-0.3, -0.25) is 0 Å². The van der Waals surface area contributed by atoms with Crippen LogP contribution in [-0.2, 0) is 11.6 Å². The molecule has 0 nitrogen and oxygen atoms in total. The highest BCUT2D eigenvalue weighted by atomic mass is 19.4. The average molecular weight is 320 g/mol. The predicted molar refractivity (Wildman–Crippen MR) is 85.0 cm³/mol. The first kappa shape index (κ1) is 15.3. The van der Waals surface area contributed by atoms with Crippen LogP contribution in [0.1, 0.15) is 49.7 Å². The van der Waals surface area contributed by atoms with Crippen LogP contribution < -0.4 is 0 Å². The van der Waals surface area contributed by atoms with Gasteiger partial charge in [-0.15, -0.1) is 6.58 Å². The van der Waals surface area contributed by atoms with Crippen molar-refractivity contribution in [2.45, 2.75) is 50.1 Å². The van der Waals surface area contributed by atoms with Gasteiger partial charge in [-0.25, -0.2) is 0 Å². The van der Waals surface area contributed by atoms with Gasteiger partial charge in [-0.1, -0.05) is 24.3 Å². The van der Waals surface area contributed by atoms with Crippen molar-refractivity contribution in [2.75, 3.05) is 0 Å². The van der Waals surface area contributed by atoms with Crippen LogP contribution in [0.15, 0.2) is 36.9 Å². The Morgan fingerprint density at radius 2 is 1.74 bits per heavy atom. The van der Waals surface area contributed by atoms with E-state index in [0.29, 0.717) is 29.2 Å². The van der Waals surface area contributed by atoms with Gasteiger partial charge in [0.05, 0.1) is 5.56 Å². The Morgan fingerprint density at radius 1 is 1.09 bits per heavy atom. The lowest BCUT2D eigenvalue weighted by molar-refractivity contribution is -0.141. The fourth-order valence-electron chi connectivity index (χ4n) is 6.33. The van der Waals surface area contributed by atoms with Gasteiger partial charge < -0.3 is 0 Å². The molecule has 0 amide bonds. The Morgan fingerprint density at radius 3 is 2.35 bits per heavy atom. The highest BCUT2D eigenvalue weighted by Gasteiger charge is 2.58. The second-order valence-corrected chi connectivity index (χ2v) is 7.94. The van der Waals surface area contributed by atoms with Crippen molar-refractivity contribution in [3.63, 3.8) is 0 Å². The molecule has 0 heterocycles. The highest BCUT2D eigenvalue weighted by molar-refractivity contribution is 5.39. The molecule has 3 atom stereocenters. The molecule has 23 heavy (non-hydrogen) atoms. The van der Waals surface area contributed by atoms with E-state index in [1.165, 1.54) is 31.4 Å². The first-order valence-corrected chi connectivity index (χ1v) is 8.71. The van der Waals surface area contributed by atoms with E-state index < -0.39 is 11.7 Å². The fourth-order valence-corrected chi connectivity index (χ4v) is 6.33. The Bertz CT molecular complexity index is 602. The molecular formula is C20H23F3. The second-order valence-electron chi connectivity index (χ2n) is 7.94. The smallest absolute Gasteiger partial charge is 0.166 e. The molecule has 0 N–H and O–H groups in total. The standard InChI is InChI=1S/C20H23F3/c1-2-5-16-15-9-13-8-14(10-15)12-19(16,11-13)17-6-3-4-7-18(17)20(21,22)23/h2-4,6-7,13-16H,1,5,8-12H2. The molecule has 3 heteroatoms. The highest BCUT2D eigenvalue weighted by Crippen LogP contribution is 2.65. The van der Waals surface area contributed by atoms with E-state index in [9.17, 15) is 13.2 Å². The van der Waals surface area contributed by atoms with Crippen molar-refractivity contribution in [3.8, 4) is 0 Å². The van der Waals surface area contributed by atoms with Crippen LogP contribution in [0.3, 0.4) is 0 Å². The molecule has 0 aliphatic heterocycles. The van der Waals surface area contributed by atoms with Gasteiger partial charge in [0.1, 0.15) is 0 Å². The van der Waals surface area contributed by atoms with Gasteiger partial charge in [0.15, 0.2) is 0 Å². The SMILES string of the molecule is C=CCC1C2CC3CC(C2)CC1(c1ccccc1C(F)(F)F)C3. The van der Waals surface area contributed by atoms with Gasteiger partial charge in [0, 0.05) is 0 Å². The van der Waals surface area contributed by atoms with Gasteiger partial charge in [0.25, 0.3) is 0 Å². The van der Waals surface area contributed by atoms with E-state index in [0.717, 1.165) is 19.3 Å². The average Bonchev–Trinajstić information content (AvgIpc) is 2.49. The minimum absolute atomic E-state index is 0.283. The zero-order valence-corrected chi connectivity index (χ0v) is 13.3. The van der Waals surface area contributed by atoms with Gasteiger partial charge in [-0.05, 0) is 79.2 Å². The first-order chi connectivity index (χ1) is 10.9. The molecule has 124 valence electrons. The van der Waals surface area contributed by atoms with Crippen LogP contribution >= 0.6 is 0 Å². The summed E-state index contributed by atoms with van der Waals surface area (Å²) in [6.07, 6.45) is 4.03. The second kappa shape index (κ2) is 5.12. The molecule has 4 saturated carbocycles. The summed E-state index contributed by atoms with van der Waals surface area (Å²) in [6, 6.07) is 6.34. The summed E-state index contributed by atoms with van der Waals surface area (Å²) in [5.74, 6) is 2.15. The lowest BCUT2D eigenvalue weighted by atomic mass is 9.42. The molecule has 4 bridgehead atoms. The van der Waals surface area contributed by atoms with Crippen molar-refractivity contribution >= 4 is 0 Å².